The lowest BCUT2D eigenvalue weighted by Crippen LogP contribution is -2.35. The lowest BCUT2D eigenvalue weighted by molar-refractivity contribution is -0.190. The highest BCUT2D eigenvalue weighted by Gasteiger charge is 2.25. The van der Waals surface area contributed by atoms with E-state index in [2.05, 4.69) is 26.7 Å². The maximum absolute atomic E-state index is 12.5. The normalized spacial score (nSPS) is 21.1. The average molecular weight is 261 g/mol. The molecule has 4 nitrogen and oxygen atoms in total. The Balaban J connectivity index is 1.95. The van der Waals surface area contributed by atoms with Crippen molar-refractivity contribution in [3.8, 4) is 12.3 Å². The molecule has 0 spiro atoms. The molecular weight excluding hydrogens is 240 g/mol. The van der Waals surface area contributed by atoms with Gasteiger partial charge in [0, 0.05) is 38.1 Å². The first kappa shape index (κ1) is 15.3. The van der Waals surface area contributed by atoms with Crippen molar-refractivity contribution in [2.24, 2.45) is 0 Å². The zero-order valence-electron chi connectivity index (χ0n) is 10.7. The van der Waals surface area contributed by atoms with Crippen molar-refractivity contribution in [2.75, 3.05) is 46.4 Å². The first-order chi connectivity index (χ1) is 8.57. The van der Waals surface area contributed by atoms with Gasteiger partial charge in [-0.2, -0.15) is 8.78 Å². The van der Waals surface area contributed by atoms with E-state index in [4.69, 9.17) is 0 Å². The molecule has 1 aliphatic rings. The van der Waals surface area contributed by atoms with Crippen LogP contribution >= 0.6 is 0 Å². The van der Waals surface area contributed by atoms with Gasteiger partial charge in [0.25, 0.3) is 0 Å². The summed E-state index contributed by atoms with van der Waals surface area (Å²) in [4.78, 5) is 2.34. The summed E-state index contributed by atoms with van der Waals surface area (Å²) in [5.74, 6) is 1.29. The van der Waals surface area contributed by atoms with Crippen LogP contribution in [0.2, 0.25) is 0 Å². The van der Waals surface area contributed by atoms with Crippen molar-refractivity contribution in [1.82, 2.24) is 15.5 Å². The molecule has 0 aromatic rings. The third-order valence-corrected chi connectivity index (χ3v) is 3.02. The van der Waals surface area contributed by atoms with Crippen molar-refractivity contribution in [3.05, 3.63) is 0 Å². The quantitative estimate of drug-likeness (QED) is 0.480. The maximum atomic E-state index is 12.5. The highest BCUT2D eigenvalue weighted by molar-refractivity contribution is 4.94. The van der Waals surface area contributed by atoms with Gasteiger partial charge in [0.15, 0.2) is 0 Å². The summed E-state index contributed by atoms with van der Waals surface area (Å²) in [5.41, 5.74) is 0. The van der Waals surface area contributed by atoms with Crippen LogP contribution in [0, 0.1) is 12.3 Å². The number of hydrogen-bond acceptors (Lipinski definition) is 4. The fourth-order valence-electron chi connectivity index (χ4n) is 1.93. The number of likely N-dealkylation sites (tertiary alicyclic amines) is 1. The van der Waals surface area contributed by atoms with E-state index in [9.17, 15) is 8.78 Å². The van der Waals surface area contributed by atoms with Gasteiger partial charge in [0.05, 0.1) is 6.61 Å². The Morgan fingerprint density at radius 3 is 2.89 bits per heavy atom. The second kappa shape index (κ2) is 7.64. The predicted molar refractivity (Wildman–Crippen MR) is 66.5 cm³/mol. The van der Waals surface area contributed by atoms with E-state index >= 15 is 0 Å². The molecule has 0 aromatic heterocycles. The second-order valence-electron chi connectivity index (χ2n) is 4.33. The Labute approximate surface area is 107 Å². The molecule has 1 unspecified atom stereocenters. The Hall–Kier alpha value is -0.740. The molecule has 18 heavy (non-hydrogen) atoms. The third-order valence-electron chi connectivity index (χ3n) is 3.02. The highest BCUT2D eigenvalue weighted by atomic mass is 19.3. The molecule has 0 bridgehead atoms. The molecule has 1 saturated heterocycles. The smallest absolute Gasteiger partial charge is 0.316 e. The molecule has 1 rings (SSSR count). The van der Waals surface area contributed by atoms with Gasteiger partial charge in [-0.05, 0) is 20.0 Å². The number of terminal acetylenes is 1. The Bertz CT molecular complexity index is 281. The van der Waals surface area contributed by atoms with Crippen LogP contribution in [-0.4, -0.2) is 63.4 Å². The topological polar surface area (TPSA) is 36.5 Å². The number of hydrogen-bond donors (Lipinski definition) is 2. The SMILES string of the molecule is C#CC(F)(F)OCCNCCN1CCC(NC)C1. The molecule has 0 saturated carbocycles. The Morgan fingerprint density at radius 1 is 1.50 bits per heavy atom. The summed E-state index contributed by atoms with van der Waals surface area (Å²) in [6.07, 6.45) is 2.31. The first-order valence-electron chi connectivity index (χ1n) is 6.17. The minimum atomic E-state index is -3.45. The van der Waals surface area contributed by atoms with Crippen LogP contribution in [0.3, 0.4) is 0 Å². The molecule has 104 valence electrons. The summed E-state index contributed by atoms with van der Waals surface area (Å²) in [6.45, 7) is 4.10. The molecule has 0 amide bonds. The first-order valence-corrected chi connectivity index (χ1v) is 6.17. The molecule has 1 atom stereocenters. The third kappa shape index (κ3) is 5.74. The number of alkyl halides is 2. The standard InChI is InChI=1S/C12H21F2N3O/c1-3-12(13,14)18-9-6-16-5-8-17-7-4-11(10-17)15-2/h1,11,15-16H,4-10H2,2H3. The number of nitrogens with zero attached hydrogens (tertiary/aromatic N) is 1. The molecule has 0 aliphatic carbocycles. The molecule has 0 radical (unpaired) electrons. The second-order valence-corrected chi connectivity index (χ2v) is 4.33. The largest absolute Gasteiger partial charge is 0.423 e. The summed E-state index contributed by atoms with van der Waals surface area (Å²) in [7, 11) is 1.97. The van der Waals surface area contributed by atoms with Gasteiger partial charge in [-0.25, -0.2) is 0 Å². The average Bonchev–Trinajstić information content (AvgIpc) is 2.81. The van der Waals surface area contributed by atoms with Gasteiger partial charge in [-0.15, -0.1) is 6.42 Å². The molecule has 1 heterocycles. The van der Waals surface area contributed by atoms with E-state index in [1.165, 1.54) is 5.92 Å². The lowest BCUT2D eigenvalue weighted by Gasteiger charge is -2.16. The van der Waals surface area contributed by atoms with Crippen LogP contribution in [0.4, 0.5) is 8.78 Å². The van der Waals surface area contributed by atoms with Crippen LogP contribution in [0.5, 0.6) is 0 Å². The van der Waals surface area contributed by atoms with Crippen molar-refractivity contribution in [1.29, 1.82) is 0 Å². The van der Waals surface area contributed by atoms with E-state index in [-0.39, 0.29) is 6.61 Å². The highest BCUT2D eigenvalue weighted by Crippen LogP contribution is 2.12. The fourth-order valence-corrected chi connectivity index (χ4v) is 1.93. The zero-order chi connectivity index (χ0) is 13.4. The van der Waals surface area contributed by atoms with E-state index in [0.717, 1.165) is 32.6 Å². The Kier molecular flexibility index (Phi) is 6.50. The van der Waals surface area contributed by atoms with Crippen LogP contribution in [-0.2, 0) is 4.74 Å². The van der Waals surface area contributed by atoms with E-state index in [1.807, 2.05) is 7.05 Å². The summed E-state index contributed by atoms with van der Waals surface area (Å²) in [6, 6.07) is 0.572. The maximum Gasteiger partial charge on any atom is 0.423 e. The van der Waals surface area contributed by atoms with Crippen LogP contribution in [0.1, 0.15) is 6.42 Å². The Morgan fingerprint density at radius 2 is 2.28 bits per heavy atom. The zero-order valence-corrected chi connectivity index (χ0v) is 10.7. The minimum absolute atomic E-state index is 0.0870. The van der Waals surface area contributed by atoms with Gasteiger partial charge < -0.3 is 20.3 Å². The number of halogens is 2. The number of nitrogens with one attached hydrogen (secondary N) is 2. The molecule has 6 heteroatoms. The predicted octanol–water partition coefficient (Wildman–Crippen LogP) is 0.112. The van der Waals surface area contributed by atoms with Gasteiger partial charge in [0.1, 0.15) is 0 Å². The van der Waals surface area contributed by atoms with Gasteiger partial charge in [0.2, 0.25) is 0 Å². The van der Waals surface area contributed by atoms with Crippen molar-refractivity contribution in [3.63, 3.8) is 0 Å². The number of rotatable bonds is 8. The van der Waals surface area contributed by atoms with Gasteiger partial charge in [-0.1, -0.05) is 0 Å². The molecule has 1 fully saturated rings. The number of likely N-dealkylation sites (N-methyl/N-ethyl adjacent to an activating group) is 1. The van der Waals surface area contributed by atoms with Gasteiger partial charge in [-0.3, -0.25) is 0 Å². The van der Waals surface area contributed by atoms with E-state index in [0.29, 0.717) is 12.6 Å². The molecule has 0 aromatic carbocycles. The molecule has 1 aliphatic heterocycles. The van der Waals surface area contributed by atoms with E-state index < -0.39 is 6.11 Å². The van der Waals surface area contributed by atoms with Crippen LogP contribution < -0.4 is 10.6 Å². The lowest BCUT2D eigenvalue weighted by atomic mass is 10.3. The number of ether oxygens (including phenoxy) is 1. The van der Waals surface area contributed by atoms with Crippen LogP contribution in [0.25, 0.3) is 0 Å². The van der Waals surface area contributed by atoms with Crippen LogP contribution in [0.15, 0.2) is 0 Å². The van der Waals surface area contributed by atoms with Crippen molar-refractivity contribution >= 4 is 0 Å². The van der Waals surface area contributed by atoms with Crippen molar-refractivity contribution < 1.29 is 13.5 Å². The van der Waals surface area contributed by atoms with Crippen molar-refractivity contribution in [2.45, 2.75) is 18.6 Å². The molecule has 2 N–H and O–H groups in total. The summed E-state index contributed by atoms with van der Waals surface area (Å²) >= 11 is 0. The minimum Gasteiger partial charge on any atom is -0.316 e. The fraction of sp³-hybridized carbons (Fsp3) is 0.833. The molecular formula is C12H21F2N3O. The van der Waals surface area contributed by atoms with Gasteiger partial charge >= 0.3 is 6.11 Å². The summed E-state index contributed by atoms with van der Waals surface area (Å²) < 4.78 is 29.2. The summed E-state index contributed by atoms with van der Waals surface area (Å²) in [5, 5.41) is 6.30. The monoisotopic (exact) mass is 261 g/mol. The van der Waals surface area contributed by atoms with E-state index in [1.54, 1.807) is 0 Å².